The van der Waals surface area contributed by atoms with Gasteiger partial charge in [-0.1, -0.05) is 31.2 Å². The average Bonchev–Trinajstić information content (AvgIpc) is 3.41. The van der Waals surface area contributed by atoms with E-state index in [0.717, 1.165) is 32.4 Å². The second-order valence-corrected chi connectivity index (χ2v) is 11.1. The summed E-state index contributed by atoms with van der Waals surface area (Å²) in [4.78, 5) is 28.7. The van der Waals surface area contributed by atoms with Gasteiger partial charge in [0.1, 0.15) is 5.41 Å². The first-order chi connectivity index (χ1) is 19.3. The number of carbonyl (C=O) groups excluding carboxylic acids is 2. The first-order valence-electron chi connectivity index (χ1n) is 13.9. The van der Waals surface area contributed by atoms with Crippen molar-refractivity contribution in [2.24, 2.45) is 5.41 Å². The molecular weight excluding hydrogens is 548 g/mol. The summed E-state index contributed by atoms with van der Waals surface area (Å²) in [7, 11) is 1.41. The van der Waals surface area contributed by atoms with Crippen LogP contribution < -0.4 is 10.6 Å². The van der Waals surface area contributed by atoms with Crippen LogP contribution in [0.3, 0.4) is 0 Å². The van der Waals surface area contributed by atoms with E-state index in [1.54, 1.807) is 0 Å². The van der Waals surface area contributed by atoms with Gasteiger partial charge in [-0.3, -0.25) is 9.59 Å². The van der Waals surface area contributed by atoms with Crippen molar-refractivity contribution in [3.05, 3.63) is 70.3 Å². The molecule has 0 spiro atoms. The number of nitrogens with zero attached hydrogens (tertiary/aromatic N) is 1. The molecule has 2 N–H and O–H groups in total. The molecule has 4 rings (SSSR count). The molecule has 2 aliphatic rings. The average molecular weight is 584 g/mol. The number of amides is 2. The highest BCUT2D eigenvalue weighted by molar-refractivity contribution is 6.05. The highest BCUT2D eigenvalue weighted by Crippen LogP contribution is 2.43. The largest absolute Gasteiger partial charge is 0.416 e. The van der Waals surface area contributed by atoms with Crippen LogP contribution in [0, 0.1) is 5.41 Å². The Hall–Kier alpha value is -3.08. The molecule has 2 aromatic carbocycles. The standard InChI is InChI=1S/C30H35F6N3O2/c1-3-19-4-6-21(7-5-19)22-9-12-39(13-10-22)25-8-11-28(17-25,26(40)37-2)27(41)38-18-20-14-23(29(31,32)33)16-24(15-20)30(34,35)36/h4-7,14-16,22,25H,3,8-13,17-18H2,1-2H3,(H,37,40)(H,38,41). The molecular formula is C30H35F6N3O2. The minimum absolute atomic E-state index is 0.0353. The predicted octanol–water partition coefficient (Wildman–Crippen LogP) is 6.07. The van der Waals surface area contributed by atoms with Crippen LogP contribution in [0.1, 0.15) is 72.8 Å². The Morgan fingerprint density at radius 2 is 1.46 bits per heavy atom. The number of halogens is 6. The molecule has 5 nitrogen and oxygen atoms in total. The number of rotatable bonds is 7. The zero-order chi connectivity index (χ0) is 30.0. The van der Waals surface area contributed by atoms with Crippen LogP contribution in [-0.2, 0) is 34.9 Å². The van der Waals surface area contributed by atoms with Crippen LogP contribution in [0.15, 0.2) is 42.5 Å². The number of likely N-dealkylation sites (tertiary alicyclic amines) is 1. The maximum absolute atomic E-state index is 13.4. The number of hydrogen-bond acceptors (Lipinski definition) is 3. The molecule has 224 valence electrons. The topological polar surface area (TPSA) is 61.4 Å². The first-order valence-corrected chi connectivity index (χ1v) is 13.9. The lowest BCUT2D eigenvalue weighted by Gasteiger charge is -2.37. The normalized spacial score (nSPS) is 22.5. The van der Waals surface area contributed by atoms with E-state index in [1.165, 1.54) is 18.2 Å². The highest BCUT2D eigenvalue weighted by atomic mass is 19.4. The highest BCUT2D eigenvalue weighted by Gasteiger charge is 2.52. The van der Waals surface area contributed by atoms with Crippen LogP contribution in [0.4, 0.5) is 26.3 Å². The van der Waals surface area contributed by atoms with Gasteiger partial charge in [0.15, 0.2) is 0 Å². The Balaban J connectivity index is 1.43. The van der Waals surface area contributed by atoms with Crippen molar-refractivity contribution in [2.75, 3.05) is 20.1 Å². The minimum Gasteiger partial charge on any atom is -0.358 e. The minimum atomic E-state index is -4.99. The molecule has 2 aromatic rings. The summed E-state index contributed by atoms with van der Waals surface area (Å²) in [5.74, 6) is -0.778. The fraction of sp³-hybridized carbons (Fsp3) is 0.533. The molecule has 1 aliphatic heterocycles. The molecule has 2 unspecified atom stereocenters. The van der Waals surface area contributed by atoms with E-state index < -0.39 is 47.3 Å². The van der Waals surface area contributed by atoms with Gasteiger partial charge in [-0.2, -0.15) is 26.3 Å². The molecule has 11 heteroatoms. The van der Waals surface area contributed by atoms with Gasteiger partial charge in [0, 0.05) is 19.6 Å². The molecule has 41 heavy (non-hydrogen) atoms. The summed E-state index contributed by atoms with van der Waals surface area (Å²) in [6.45, 7) is 3.15. The van der Waals surface area contributed by atoms with Gasteiger partial charge in [-0.05, 0) is 92.4 Å². The predicted molar refractivity (Wildman–Crippen MR) is 142 cm³/mol. The van der Waals surface area contributed by atoms with E-state index in [1.807, 2.05) is 0 Å². The van der Waals surface area contributed by atoms with Gasteiger partial charge in [-0.15, -0.1) is 0 Å². The fourth-order valence-electron chi connectivity index (χ4n) is 6.18. The summed E-state index contributed by atoms with van der Waals surface area (Å²) in [5, 5.41) is 4.99. The Morgan fingerprint density at radius 1 is 0.878 bits per heavy atom. The van der Waals surface area contributed by atoms with Crippen molar-refractivity contribution >= 4 is 11.8 Å². The van der Waals surface area contributed by atoms with Gasteiger partial charge in [0.2, 0.25) is 11.8 Å². The Bertz CT molecular complexity index is 1200. The lowest BCUT2D eigenvalue weighted by atomic mass is 9.83. The Labute approximate surface area is 235 Å². The number of carbonyl (C=O) groups is 2. The number of benzene rings is 2. The Morgan fingerprint density at radius 3 is 1.98 bits per heavy atom. The second kappa shape index (κ2) is 12.0. The van der Waals surface area contributed by atoms with E-state index in [2.05, 4.69) is 46.7 Å². The molecule has 1 saturated carbocycles. The van der Waals surface area contributed by atoms with Crippen molar-refractivity contribution in [3.63, 3.8) is 0 Å². The summed E-state index contributed by atoms with van der Waals surface area (Å²) < 4.78 is 79.5. The van der Waals surface area contributed by atoms with E-state index in [4.69, 9.17) is 0 Å². The summed E-state index contributed by atoms with van der Waals surface area (Å²) in [6.07, 6.45) is -6.07. The third-order valence-corrected chi connectivity index (χ3v) is 8.59. The van der Waals surface area contributed by atoms with Crippen molar-refractivity contribution in [1.29, 1.82) is 0 Å². The van der Waals surface area contributed by atoms with Crippen LogP contribution >= 0.6 is 0 Å². The molecule has 2 atom stereocenters. The molecule has 0 bridgehead atoms. The van der Waals surface area contributed by atoms with Gasteiger partial charge in [0.25, 0.3) is 0 Å². The SMILES string of the molecule is CCc1ccc(C2CCN(C3CCC(C(=O)NC)(C(=O)NCc4cc(C(F)(F)F)cc(C(F)(F)F)c4)C3)CC2)cc1. The molecule has 2 fully saturated rings. The molecule has 0 radical (unpaired) electrons. The molecule has 1 heterocycles. The molecule has 0 aromatic heterocycles. The third kappa shape index (κ3) is 6.88. The van der Waals surface area contributed by atoms with Gasteiger partial charge in [-0.25, -0.2) is 0 Å². The van der Waals surface area contributed by atoms with Gasteiger partial charge in [0.05, 0.1) is 11.1 Å². The van der Waals surface area contributed by atoms with Crippen molar-refractivity contribution in [3.8, 4) is 0 Å². The van der Waals surface area contributed by atoms with E-state index in [0.29, 0.717) is 24.5 Å². The first kappa shape index (κ1) is 30.9. The fourth-order valence-corrected chi connectivity index (χ4v) is 6.18. The number of nitrogens with one attached hydrogen (secondary N) is 2. The van der Waals surface area contributed by atoms with Gasteiger partial charge >= 0.3 is 12.4 Å². The molecule has 2 amide bonds. The van der Waals surface area contributed by atoms with E-state index in [9.17, 15) is 35.9 Å². The molecule has 1 aliphatic carbocycles. The van der Waals surface area contributed by atoms with Crippen molar-refractivity contribution < 1.29 is 35.9 Å². The maximum Gasteiger partial charge on any atom is 0.416 e. The smallest absolute Gasteiger partial charge is 0.358 e. The van der Waals surface area contributed by atoms with Crippen LogP contribution in [-0.4, -0.2) is 42.9 Å². The summed E-state index contributed by atoms with van der Waals surface area (Å²) >= 11 is 0. The number of aryl methyl sites for hydroxylation is 1. The summed E-state index contributed by atoms with van der Waals surface area (Å²) in [6, 6.07) is 9.83. The summed E-state index contributed by atoms with van der Waals surface area (Å²) in [5.41, 5.74) is -2.13. The Kier molecular flexibility index (Phi) is 9.06. The number of piperidine rings is 1. The van der Waals surface area contributed by atoms with E-state index in [-0.39, 0.29) is 30.5 Å². The van der Waals surface area contributed by atoms with Crippen LogP contribution in [0.2, 0.25) is 0 Å². The number of hydrogen-bond donors (Lipinski definition) is 2. The zero-order valence-electron chi connectivity index (χ0n) is 23.1. The van der Waals surface area contributed by atoms with Crippen molar-refractivity contribution in [1.82, 2.24) is 15.5 Å². The van der Waals surface area contributed by atoms with Gasteiger partial charge < -0.3 is 15.5 Å². The quantitative estimate of drug-likeness (QED) is 0.308. The lowest BCUT2D eigenvalue weighted by molar-refractivity contribution is -0.144. The lowest BCUT2D eigenvalue weighted by Crippen LogP contribution is -2.50. The van der Waals surface area contributed by atoms with Crippen LogP contribution in [0.5, 0.6) is 0 Å². The maximum atomic E-state index is 13.4. The van der Waals surface area contributed by atoms with Crippen molar-refractivity contribution in [2.45, 2.75) is 76.3 Å². The number of alkyl halides is 6. The second-order valence-electron chi connectivity index (χ2n) is 11.1. The van der Waals surface area contributed by atoms with E-state index >= 15 is 0 Å². The van der Waals surface area contributed by atoms with Crippen LogP contribution in [0.25, 0.3) is 0 Å². The zero-order valence-corrected chi connectivity index (χ0v) is 23.1. The third-order valence-electron chi connectivity index (χ3n) is 8.59. The monoisotopic (exact) mass is 583 g/mol. The molecule has 1 saturated heterocycles.